The highest BCUT2D eigenvalue weighted by Crippen LogP contribution is 2.50. The summed E-state index contributed by atoms with van der Waals surface area (Å²) in [6.07, 6.45) is 7.76. The van der Waals surface area contributed by atoms with Crippen molar-refractivity contribution in [2.45, 2.75) is 78.2 Å². The van der Waals surface area contributed by atoms with E-state index in [2.05, 4.69) is 27.0 Å². The molecule has 1 fully saturated rings. The highest BCUT2D eigenvalue weighted by Gasteiger charge is 2.49. The number of carbonyl (C=O) groups excluding carboxylic acids is 3. The van der Waals surface area contributed by atoms with E-state index in [9.17, 15) is 14.4 Å². The molecule has 0 aromatic heterocycles. The van der Waals surface area contributed by atoms with Crippen molar-refractivity contribution in [3.8, 4) is 0 Å². The van der Waals surface area contributed by atoms with Gasteiger partial charge in [-0.2, -0.15) is 0 Å². The topological polar surface area (TPSA) is 69.7 Å². The van der Waals surface area contributed by atoms with Crippen molar-refractivity contribution in [2.75, 3.05) is 6.61 Å². The van der Waals surface area contributed by atoms with E-state index in [1.54, 1.807) is 6.08 Å². The van der Waals surface area contributed by atoms with Crippen LogP contribution in [0.25, 0.3) is 0 Å². The van der Waals surface area contributed by atoms with Crippen LogP contribution in [0.4, 0.5) is 0 Å². The Morgan fingerprint density at radius 1 is 1.14 bits per heavy atom. The van der Waals surface area contributed by atoms with E-state index in [4.69, 9.17) is 9.47 Å². The number of hydrogen-bond donors (Lipinski definition) is 0. The summed E-state index contributed by atoms with van der Waals surface area (Å²) >= 11 is 0. The number of carbonyl (C=O) groups is 3. The van der Waals surface area contributed by atoms with Crippen molar-refractivity contribution in [1.29, 1.82) is 0 Å². The third-order valence-corrected chi connectivity index (χ3v) is 5.91. The van der Waals surface area contributed by atoms with Crippen molar-refractivity contribution in [2.24, 2.45) is 17.3 Å². The smallest absolute Gasteiger partial charge is 0.316 e. The van der Waals surface area contributed by atoms with Gasteiger partial charge >= 0.3 is 11.9 Å². The number of allylic oxidation sites excluding steroid dienone is 1. The molecule has 5 heteroatoms. The zero-order valence-electron chi connectivity index (χ0n) is 17.9. The fourth-order valence-electron chi connectivity index (χ4n) is 4.62. The van der Waals surface area contributed by atoms with Crippen LogP contribution in [0.3, 0.4) is 0 Å². The predicted octanol–water partition coefficient (Wildman–Crippen LogP) is 4.80. The van der Waals surface area contributed by atoms with Crippen LogP contribution >= 0.6 is 0 Å². The van der Waals surface area contributed by atoms with Crippen LogP contribution in [0.15, 0.2) is 25.3 Å². The van der Waals surface area contributed by atoms with Gasteiger partial charge in [0.1, 0.15) is 23.9 Å². The minimum Gasteiger partial charge on any atom is -0.461 e. The minimum absolute atomic E-state index is 0.0534. The zero-order valence-corrected chi connectivity index (χ0v) is 17.9. The van der Waals surface area contributed by atoms with Gasteiger partial charge in [-0.05, 0) is 50.9 Å². The summed E-state index contributed by atoms with van der Waals surface area (Å²) in [6.45, 7) is 15.0. The monoisotopic (exact) mass is 392 g/mol. The number of Topliss-reactive ketones (excluding diaryl/α,β-unsaturated/α-hetero) is 1. The quantitative estimate of drug-likeness (QED) is 0.287. The minimum atomic E-state index is -0.806. The first-order chi connectivity index (χ1) is 13.1. The Balaban J connectivity index is 3.00. The van der Waals surface area contributed by atoms with Gasteiger partial charge in [0.05, 0.1) is 0 Å². The first kappa shape index (κ1) is 24.1. The lowest BCUT2D eigenvalue weighted by molar-refractivity contribution is -0.176. The Bertz CT molecular complexity index is 568. The molecule has 0 aromatic rings. The number of ketones is 1. The van der Waals surface area contributed by atoms with E-state index >= 15 is 0 Å². The highest BCUT2D eigenvalue weighted by molar-refractivity contribution is 5.99. The molecule has 1 saturated carbocycles. The van der Waals surface area contributed by atoms with Gasteiger partial charge in [0, 0.05) is 19.3 Å². The number of hydrogen-bond acceptors (Lipinski definition) is 5. The number of ether oxygens (including phenoxy) is 2. The SMILES string of the molecule is C=CCCC(=O)[C@@H](CC[C@@H]1C(C)(C)CCC[C@@]1(C)OC(C)=O)C(=O)OCC=C. The standard InChI is InChI=1S/C23H36O5/c1-7-9-11-19(25)18(21(26)27-16-8-2)12-13-20-22(4,5)14-10-15-23(20,6)28-17(3)24/h7-8,18,20H,1-2,9-16H2,3-6H3/t18-,20-,23-/m1/s1. The second-order valence-corrected chi connectivity index (χ2v) is 8.64. The second-order valence-electron chi connectivity index (χ2n) is 8.64. The summed E-state index contributed by atoms with van der Waals surface area (Å²) < 4.78 is 10.9. The molecule has 1 aliphatic carbocycles. The van der Waals surface area contributed by atoms with Crippen LogP contribution in [-0.2, 0) is 23.9 Å². The van der Waals surface area contributed by atoms with E-state index in [0.29, 0.717) is 19.3 Å². The Labute approximate surface area is 169 Å². The summed E-state index contributed by atoms with van der Waals surface area (Å²) in [5, 5.41) is 0. The normalized spacial score (nSPS) is 24.6. The molecule has 0 aliphatic heterocycles. The number of rotatable bonds is 11. The molecule has 28 heavy (non-hydrogen) atoms. The van der Waals surface area contributed by atoms with Gasteiger partial charge in [0.2, 0.25) is 0 Å². The largest absolute Gasteiger partial charge is 0.461 e. The van der Waals surface area contributed by atoms with Crippen LogP contribution in [0.2, 0.25) is 0 Å². The van der Waals surface area contributed by atoms with Crippen LogP contribution in [-0.4, -0.2) is 29.9 Å². The Morgan fingerprint density at radius 3 is 2.39 bits per heavy atom. The fourth-order valence-corrected chi connectivity index (χ4v) is 4.62. The highest BCUT2D eigenvalue weighted by atomic mass is 16.6. The lowest BCUT2D eigenvalue weighted by Gasteiger charge is -2.50. The molecule has 0 aromatic carbocycles. The third-order valence-electron chi connectivity index (χ3n) is 5.91. The molecule has 0 spiro atoms. The molecule has 1 aliphatic rings. The zero-order chi connectivity index (χ0) is 21.4. The van der Waals surface area contributed by atoms with Gasteiger partial charge in [0.15, 0.2) is 0 Å². The average molecular weight is 393 g/mol. The van der Waals surface area contributed by atoms with Gasteiger partial charge < -0.3 is 9.47 Å². The molecule has 5 nitrogen and oxygen atoms in total. The third kappa shape index (κ3) is 6.61. The van der Waals surface area contributed by atoms with E-state index < -0.39 is 17.5 Å². The summed E-state index contributed by atoms with van der Waals surface area (Å²) in [5.74, 6) is -1.68. The predicted molar refractivity (Wildman–Crippen MR) is 110 cm³/mol. The molecule has 0 bridgehead atoms. The maximum Gasteiger partial charge on any atom is 0.316 e. The molecule has 1 rings (SSSR count). The van der Waals surface area contributed by atoms with Gasteiger partial charge in [-0.1, -0.05) is 32.6 Å². The van der Waals surface area contributed by atoms with Crippen molar-refractivity contribution in [3.05, 3.63) is 25.3 Å². The lowest BCUT2D eigenvalue weighted by atomic mass is 9.60. The molecule has 0 N–H and O–H groups in total. The molecule has 0 saturated heterocycles. The maximum absolute atomic E-state index is 12.6. The maximum atomic E-state index is 12.6. The Kier molecular flexibility index (Phi) is 9.12. The molecule has 0 amide bonds. The summed E-state index contributed by atoms with van der Waals surface area (Å²) in [6, 6.07) is 0. The Morgan fingerprint density at radius 2 is 1.82 bits per heavy atom. The number of esters is 2. The van der Waals surface area contributed by atoms with Crippen LogP contribution in [0.1, 0.15) is 72.6 Å². The summed E-state index contributed by atoms with van der Waals surface area (Å²) in [5.41, 5.74) is -0.643. The van der Waals surface area contributed by atoms with Crippen molar-refractivity contribution in [1.82, 2.24) is 0 Å². The van der Waals surface area contributed by atoms with Crippen molar-refractivity contribution < 1.29 is 23.9 Å². The molecule has 0 radical (unpaired) electrons. The first-order valence-corrected chi connectivity index (χ1v) is 10.2. The lowest BCUT2D eigenvalue weighted by Crippen LogP contribution is -2.50. The Hall–Kier alpha value is -1.91. The molecular weight excluding hydrogens is 356 g/mol. The molecular formula is C23H36O5. The summed E-state index contributed by atoms with van der Waals surface area (Å²) in [7, 11) is 0. The first-order valence-electron chi connectivity index (χ1n) is 10.2. The molecule has 3 atom stereocenters. The fraction of sp³-hybridized carbons (Fsp3) is 0.696. The van der Waals surface area contributed by atoms with Crippen molar-refractivity contribution in [3.63, 3.8) is 0 Å². The van der Waals surface area contributed by atoms with Crippen molar-refractivity contribution >= 4 is 17.7 Å². The molecule has 0 heterocycles. The van der Waals surface area contributed by atoms with Gasteiger partial charge in [0.25, 0.3) is 0 Å². The van der Waals surface area contributed by atoms with E-state index in [0.717, 1.165) is 19.3 Å². The van der Waals surface area contributed by atoms with E-state index in [1.165, 1.54) is 13.0 Å². The molecule has 158 valence electrons. The molecule has 0 unspecified atom stereocenters. The summed E-state index contributed by atoms with van der Waals surface area (Å²) in [4.78, 5) is 36.8. The van der Waals surface area contributed by atoms with Crippen LogP contribution in [0.5, 0.6) is 0 Å². The van der Waals surface area contributed by atoms with E-state index in [-0.39, 0.29) is 36.1 Å². The van der Waals surface area contributed by atoms with Gasteiger partial charge in [-0.25, -0.2) is 0 Å². The van der Waals surface area contributed by atoms with Crippen LogP contribution in [0, 0.1) is 17.3 Å². The van der Waals surface area contributed by atoms with Gasteiger partial charge in [-0.3, -0.25) is 14.4 Å². The van der Waals surface area contributed by atoms with Gasteiger partial charge in [-0.15, -0.1) is 6.58 Å². The second kappa shape index (κ2) is 10.6. The average Bonchev–Trinajstić information content (AvgIpc) is 2.59. The van der Waals surface area contributed by atoms with E-state index in [1.807, 2.05) is 6.92 Å². The van der Waals surface area contributed by atoms with Crippen LogP contribution < -0.4 is 0 Å².